The molecule has 0 N–H and O–H groups in total. The molecule has 0 spiro atoms. The van der Waals surface area contributed by atoms with Gasteiger partial charge in [0.15, 0.2) is 0 Å². The summed E-state index contributed by atoms with van der Waals surface area (Å²) in [6.45, 7) is 6.23. The largest absolute Gasteiger partial charge is 0.345 e. The summed E-state index contributed by atoms with van der Waals surface area (Å²) in [6, 6.07) is 6.32. The van der Waals surface area contributed by atoms with Crippen LogP contribution in [0.4, 0.5) is 9.52 Å². The number of nitrogens with zero attached hydrogens (tertiary/aromatic N) is 4. The van der Waals surface area contributed by atoms with Crippen LogP contribution in [0.1, 0.15) is 50.9 Å². The molecule has 3 aliphatic rings. The fraction of sp³-hybridized carbons (Fsp3) is 0.625. The number of carbonyl (C=O) groups is 1. The Hall–Kier alpha value is -1.91. The number of aromatic nitrogens is 2. The molecular formula is C24H31FN4O3S2. The van der Waals surface area contributed by atoms with Gasteiger partial charge in [-0.25, -0.2) is 22.1 Å². The van der Waals surface area contributed by atoms with Crippen LogP contribution in [0.25, 0.3) is 0 Å². The third-order valence-corrected chi connectivity index (χ3v) is 11.2. The van der Waals surface area contributed by atoms with Gasteiger partial charge in [-0.3, -0.25) is 4.79 Å². The van der Waals surface area contributed by atoms with Crippen LogP contribution in [0.3, 0.4) is 0 Å². The average molecular weight is 507 g/mol. The quantitative estimate of drug-likeness (QED) is 0.596. The lowest BCUT2D eigenvalue weighted by atomic mass is 9.70. The van der Waals surface area contributed by atoms with Gasteiger partial charge in [0, 0.05) is 56.0 Å². The Labute approximate surface area is 204 Å². The summed E-state index contributed by atoms with van der Waals surface area (Å²) in [7, 11) is -3.56. The van der Waals surface area contributed by atoms with Gasteiger partial charge in [-0.05, 0) is 48.3 Å². The van der Waals surface area contributed by atoms with Crippen molar-refractivity contribution in [1.82, 2.24) is 13.7 Å². The lowest BCUT2D eigenvalue weighted by molar-refractivity contribution is -0.128. The van der Waals surface area contributed by atoms with E-state index in [9.17, 15) is 17.6 Å². The molecule has 34 heavy (non-hydrogen) atoms. The van der Waals surface area contributed by atoms with Crippen molar-refractivity contribution in [1.29, 1.82) is 0 Å². The van der Waals surface area contributed by atoms with Gasteiger partial charge in [-0.1, -0.05) is 26.0 Å². The second-order valence-electron chi connectivity index (χ2n) is 10.5. The van der Waals surface area contributed by atoms with E-state index in [1.165, 1.54) is 23.7 Å². The van der Waals surface area contributed by atoms with Crippen molar-refractivity contribution in [3.05, 3.63) is 41.5 Å². The van der Waals surface area contributed by atoms with Crippen molar-refractivity contribution < 1.29 is 17.6 Å². The highest BCUT2D eigenvalue weighted by atomic mass is 32.2. The molecule has 0 amide bonds. The summed E-state index contributed by atoms with van der Waals surface area (Å²) in [5.74, 6) is 0.779. The molecule has 10 heteroatoms. The molecule has 2 aliphatic carbocycles. The minimum absolute atomic E-state index is 0.0665. The SMILES string of the molecule is CC1(C)C2CCC1(CS(=O)(=O)N1CCCN(c3nc(Cc4ccc(F)cc4)ns3)CC1)C(=O)C2. The zero-order valence-corrected chi connectivity index (χ0v) is 21.3. The molecule has 1 aromatic carbocycles. The zero-order chi connectivity index (χ0) is 24.1. The maximum atomic E-state index is 13.5. The molecule has 2 aromatic rings. The van der Waals surface area contributed by atoms with Crippen molar-refractivity contribution in [2.24, 2.45) is 16.7 Å². The first-order chi connectivity index (χ1) is 16.1. The number of fused-ring (bicyclic) bond motifs is 2. The number of halogens is 1. The van der Waals surface area contributed by atoms with Crippen molar-refractivity contribution in [3.63, 3.8) is 0 Å². The Balaban J connectivity index is 1.25. The van der Waals surface area contributed by atoms with E-state index in [4.69, 9.17) is 0 Å². The molecule has 7 nitrogen and oxygen atoms in total. The lowest BCUT2D eigenvalue weighted by Gasteiger charge is -2.37. The van der Waals surface area contributed by atoms with Gasteiger partial charge < -0.3 is 4.90 Å². The summed E-state index contributed by atoms with van der Waals surface area (Å²) >= 11 is 1.31. The van der Waals surface area contributed by atoms with Crippen LogP contribution in [0.15, 0.2) is 24.3 Å². The topological polar surface area (TPSA) is 83.5 Å². The van der Waals surface area contributed by atoms with E-state index in [2.05, 4.69) is 28.1 Å². The van der Waals surface area contributed by atoms with E-state index in [-0.39, 0.29) is 22.8 Å². The molecule has 2 heterocycles. The molecule has 0 radical (unpaired) electrons. The van der Waals surface area contributed by atoms with Crippen molar-refractivity contribution in [2.45, 2.75) is 46.0 Å². The summed E-state index contributed by atoms with van der Waals surface area (Å²) in [4.78, 5) is 19.6. The third kappa shape index (κ3) is 4.07. The second-order valence-corrected chi connectivity index (χ2v) is 13.2. The number of sulfonamides is 1. The normalized spacial score (nSPS) is 27.3. The van der Waals surface area contributed by atoms with E-state index >= 15 is 0 Å². The molecule has 1 saturated heterocycles. The Morgan fingerprint density at radius 1 is 1.15 bits per heavy atom. The van der Waals surface area contributed by atoms with Crippen molar-refractivity contribution in [3.8, 4) is 0 Å². The van der Waals surface area contributed by atoms with E-state index in [1.807, 2.05) is 0 Å². The minimum atomic E-state index is -3.56. The Morgan fingerprint density at radius 2 is 1.91 bits per heavy atom. The minimum Gasteiger partial charge on any atom is -0.345 e. The van der Waals surface area contributed by atoms with Crippen LogP contribution in [0.2, 0.25) is 0 Å². The summed E-state index contributed by atoms with van der Waals surface area (Å²) in [5, 5.41) is 0.778. The lowest BCUT2D eigenvalue weighted by Crippen LogP contribution is -2.47. The first-order valence-corrected chi connectivity index (χ1v) is 14.3. The number of rotatable bonds is 6. The smallest absolute Gasteiger partial charge is 0.215 e. The Bertz CT molecular complexity index is 1180. The standard InChI is InChI=1S/C24H31FN4O3S2/c1-23(2)18-8-9-24(23,20(30)15-18)16-34(31,32)29-11-3-10-28(12-13-29)22-26-21(27-33-22)14-17-4-6-19(25)7-5-17/h4-7,18H,3,8-16H2,1-2H3. The number of anilines is 1. The van der Waals surface area contributed by atoms with Crippen LogP contribution < -0.4 is 4.90 Å². The van der Waals surface area contributed by atoms with Crippen LogP contribution in [0, 0.1) is 22.6 Å². The first kappa shape index (κ1) is 23.8. The van der Waals surface area contributed by atoms with Gasteiger partial charge in [0.25, 0.3) is 0 Å². The maximum Gasteiger partial charge on any atom is 0.215 e. The monoisotopic (exact) mass is 506 g/mol. The predicted octanol–water partition coefficient (Wildman–Crippen LogP) is 3.51. The average Bonchev–Trinajstić information content (AvgIpc) is 3.28. The summed E-state index contributed by atoms with van der Waals surface area (Å²) in [6.07, 6.45) is 3.37. The summed E-state index contributed by atoms with van der Waals surface area (Å²) < 4.78 is 46.1. The van der Waals surface area contributed by atoms with Gasteiger partial charge >= 0.3 is 0 Å². The van der Waals surface area contributed by atoms with E-state index in [1.54, 1.807) is 16.4 Å². The second kappa shape index (κ2) is 8.64. The van der Waals surface area contributed by atoms with Gasteiger partial charge in [0.05, 0.1) is 5.75 Å². The zero-order valence-electron chi connectivity index (χ0n) is 19.7. The van der Waals surface area contributed by atoms with E-state index in [0.29, 0.717) is 63.6 Å². The molecular weight excluding hydrogens is 475 g/mol. The Kier molecular flexibility index (Phi) is 6.05. The third-order valence-electron chi connectivity index (χ3n) is 8.42. The maximum absolute atomic E-state index is 13.5. The fourth-order valence-corrected chi connectivity index (χ4v) is 9.09. The molecule has 5 rings (SSSR count). The van der Waals surface area contributed by atoms with Gasteiger partial charge in [-0.2, -0.15) is 4.37 Å². The number of hydrogen-bond donors (Lipinski definition) is 0. The fourth-order valence-electron chi connectivity index (χ4n) is 6.10. The highest BCUT2D eigenvalue weighted by molar-refractivity contribution is 7.89. The van der Waals surface area contributed by atoms with Gasteiger partial charge in [-0.15, -0.1) is 0 Å². The van der Waals surface area contributed by atoms with Crippen LogP contribution >= 0.6 is 11.5 Å². The van der Waals surface area contributed by atoms with Crippen LogP contribution in [-0.4, -0.2) is 59.8 Å². The van der Waals surface area contributed by atoms with Crippen molar-refractivity contribution in [2.75, 3.05) is 36.8 Å². The molecule has 1 aliphatic heterocycles. The molecule has 2 unspecified atom stereocenters. The Morgan fingerprint density at radius 3 is 2.59 bits per heavy atom. The van der Waals surface area contributed by atoms with Gasteiger partial charge in [0.1, 0.15) is 17.4 Å². The predicted molar refractivity (Wildman–Crippen MR) is 130 cm³/mol. The number of hydrogen-bond acceptors (Lipinski definition) is 7. The molecule has 2 atom stereocenters. The van der Waals surface area contributed by atoms with Crippen molar-refractivity contribution >= 4 is 32.5 Å². The highest BCUT2D eigenvalue weighted by Crippen LogP contribution is 2.64. The van der Waals surface area contributed by atoms with Crippen LogP contribution in [-0.2, 0) is 21.2 Å². The highest BCUT2D eigenvalue weighted by Gasteiger charge is 2.65. The number of Topliss-reactive ketones (excluding diaryl/α,β-unsaturated/α-hetero) is 1. The molecule has 2 bridgehead atoms. The number of carbonyl (C=O) groups excluding carboxylic acids is 1. The van der Waals surface area contributed by atoms with E-state index < -0.39 is 15.4 Å². The molecule has 1 aromatic heterocycles. The summed E-state index contributed by atoms with van der Waals surface area (Å²) in [5.41, 5.74) is -0.0590. The van der Waals surface area contributed by atoms with Gasteiger partial charge in [0.2, 0.25) is 15.2 Å². The number of benzene rings is 1. The number of ketones is 1. The van der Waals surface area contributed by atoms with Crippen LogP contribution in [0.5, 0.6) is 0 Å². The molecule has 184 valence electrons. The molecule has 3 fully saturated rings. The van der Waals surface area contributed by atoms with E-state index in [0.717, 1.165) is 17.1 Å². The molecule has 2 saturated carbocycles. The first-order valence-electron chi connectivity index (χ1n) is 11.9.